The van der Waals surface area contributed by atoms with Gasteiger partial charge in [0.15, 0.2) is 0 Å². The Morgan fingerprint density at radius 2 is 2.12 bits per heavy atom. The zero-order chi connectivity index (χ0) is 12.8. The predicted octanol–water partition coefficient (Wildman–Crippen LogP) is 3.03. The molecule has 0 saturated carbocycles. The Balaban J connectivity index is 2.62. The Hall–Kier alpha value is -1.07. The van der Waals surface area contributed by atoms with Crippen molar-refractivity contribution in [3.63, 3.8) is 0 Å². The van der Waals surface area contributed by atoms with Gasteiger partial charge in [-0.1, -0.05) is 12.1 Å². The number of rotatable bonds is 3. The molecule has 4 nitrogen and oxygen atoms in total. The second-order valence-electron chi connectivity index (χ2n) is 3.38. The van der Waals surface area contributed by atoms with Crippen molar-refractivity contribution in [1.29, 1.82) is 0 Å². The molecule has 0 radical (unpaired) electrons. The van der Waals surface area contributed by atoms with Crippen LogP contribution in [0, 0.1) is 6.92 Å². The van der Waals surface area contributed by atoms with E-state index in [4.69, 9.17) is 11.6 Å². The summed E-state index contributed by atoms with van der Waals surface area (Å²) < 4.78 is 0.792. The molecular formula is C11H12BrClN2O2. The molecule has 0 saturated heterocycles. The molecular weight excluding hydrogens is 307 g/mol. The summed E-state index contributed by atoms with van der Waals surface area (Å²) >= 11 is 8.74. The highest BCUT2D eigenvalue weighted by molar-refractivity contribution is 9.10. The van der Waals surface area contributed by atoms with Gasteiger partial charge in [-0.15, -0.1) is 11.6 Å². The van der Waals surface area contributed by atoms with E-state index in [0.29, 0.717) is 5.69 Å². The molecule has 0 aliphatic rings. The topological polar surface area (TPSA) is 58.2 Å². The molecule has 1 aromatic rings. The van der Waals surface area contributed by atoms with Crippen molar-refractivity contribution in [1.82, 2.24) is 5.32 Å². The zero-order valence-electron chi connectivity index (χ0n) is 9.22. The normalized spacial score (nSPS) is 9.82. The van der Waals surface area contributed by atoms with Crippen molar-refractivity contribution in [2.24, 2.45) is 0 Å². The van der Waals surface area contributed by atoms with E-state index in [1.807, 2.05) is 19.1 Å². The van der Waals surface area contributed by atoms with Gasteiger partial charge >= 0.3 is 6.03 Å². The van der Waals surface area contributed by atoms with Gasteiger partial charge < -0.3 is 5.32 Å². The molecule has 0 atom stereocenters. The van der Waals surface area contributed by atoms with Gasteiger partial charge in [0.1, 0.15) is 0 Å². The van der Waals surface area contributed by atoms with Crippen LogP contribution in [0.5, 0.6) is 0 Å². The Labute approximate surface area is 113 Å². The van der Waals surface area contributed by atoms with E-state index in [1.54, 1.807) is 6.07 Å². The molecule has 0 aliphatic carbocycles. The standard InChI is InChI=1S/C11H12BrClN2O2/c1-7-3-2-4-8(10(7)12)14-11(17)15-9(16)5-6-13/h2-4H,5-6H2,1H3,(H2,14,15,16,17). The summed E-state index contributed by atoms with van der Waals surface area (Å²) in [6.07, 6.45) is 0.115. The van der Waals surface area contributed by atoms with Crippen molar-refractivity contribution in [3.8, 4) is 0 Å². The molecule has 0 aromatic heterocycles. The first-order valence-corrected chi connectivity index (χ1v) is 6.29. The number of hydrogen-bond donors (Lipinski definition) is 2. The minimum absolute atomic E-state index is 0.115. The summed E-state index contributed by atoms with van der Waals surface area (Å²) in [5.41, 5.74) is 1.61. The number of alkyl halides is 1. The SMILES string of the molecule is Cc1cccc(NC(=O)NC(=O)CCCl)c1Br. The van der Waals surface area contributed by atoms with E-state index in [2.05, 4.69) is 26.6 Å². The number of urea groups is 1. The van der Waals surface area contributed by atoms with E-state index in [0.717, 1.165) is 10.0 Å². The molecule has 0 spiro atoms. The lowest BCUT2D eigenvalue weighted by atomic mass is 10.2. The third-order valence-electron chi connectivity index (χ3n) is 2.01. The van der Waals surface area contributed by atoms with Gasteiger partial charge in [-0.3, -0.25) is 10.1 Å². The Kier molecular flexibility index (Phi) is 5.44. The molecule has 92 valence electrons. The summed E-state index contributed by atoms with van der Waals surface area (Å²) in [4.78, 5) is 22.6. The van der Waals surface area contributed by atoms with Gasteiger partial charge in [0.25, 0.3) is 0 Å². The molecule has 3 amide bonds. The molecule has 0 fully saturated rings. The minimum atomic E-state index is -0.564. The highest BCUT2D eigenvalue weighted by atomic mass is 79.9. The average molecular weight is 320 g/mol. The molecule has 6 heteroatoms. The molecule has 1 aromatic carbocycles. The van der Waals surface area contributed by atoms with Crippen LogP contribution in [0.4, 0.5) is 10.5 Å². The number of carbonyl (C=O) groups excluding carboxylic acids is 2. The maximum absolute atomic E-state index is 11.5. The first-order chi connectivity index (χ1) is 8.04. The van der Waals surface area contributed by atoms with Gasteiger partial charge in [-0.25, -0.2) is 4.79 Å². The molecule has 0 aliphatic heterocycles. The maximum atomic E-state index is 11.5. The van der Waals surface area contributed by atoms with Crippen LogP contribution in [0.1, 0.15) is 12.0 Å². The maximum Gasteiger partial charge on any atom is 0.325 e. The van der Waals surface area contributed by atoms with E-state index < -0.39 is 11.9 Å². The second-order valence-corrected chi connectivity index (χ2v) is 4.55. The van der Waals surface area contributed by atoms with E-state index in [9.17, 15) is 9.59 Å². The van der Waals surface area contributed by atoms with E-state index >= 15 is 0 Å². The smallest absolute Gasteiger partial charge is 0.307 e. The van der Waals surface area contributed by atoms with Crippen molar-refractivity contribution >= 4 is 45.2 Å². The summed E-state index contributed by atoms with van der Waals surface area (Å²) in [7, 11) is 0. The highest BCUT2D eigenvalue weighted by Gasteiger charge is 2.09. The van der Waals surface area contributed by atoms with Crippen LogP contribution >= 0.6 is 27.5 Å². The quantitative estimate of drug-likeness (QED) is 0.841. The van der Waals surface area contributed by atoms with Crippen molar-refractivity contribution in [2.75, 3.05) is 11.2 Å². The number of nitrogens with one attached hydrogen (secondary N) is 2. The van der Waals surface area contributed by atoms with Crippen LogP contribution in [0.15, 0.2) is 22.7 Å². The van der Waals surface area contributed by atoms with Crippen LogP contribution in [-0.4, -0.2) is 17.8 Å². The van der Waals surface area contributed by atoms with Crippen LogP contribution in [0.2, 0.25) is 0 Å². The van der Waals surface area contributed by atoms with E-state index in [1.165, 1.54) is 0 Å². The van der Waals surface area contributed by atoms with Gasteiger partial charge in [-0.05, 0) is 34.5 Å². The Bertz CT molecular complexity index is 437. The molecule has 0 unspecified atom stereocenters. The fourth-order valence-corrected chi connectivity index (χ4v) is 1.71. The number of benzene rings is 1. The van der Waals surface area contributed by atoms with Crippen LogP contribution in [-0.2, 0) is 4.79 Å². The van der Waals surface area contributed by atoms with Crippen molar-refractivity contribution < 1.29 is 9.59 Å². The fraction of sp³-hybridized carbons (Fsp3) is 0.273. The Morgan fingerprint density at radius 1 is 1.41 bits per heavy atom. The summed E-state index contributed by atoms with van der Waals surface area (Å²) in [6, 6.07) is 4.90. The van der Waals surface area contributed by atoms with Crippen LogP contribution < -0.4 is 10.6 Å². The number of hydrogen-bond acceptors (Lipinski definition) is 2. The van der Waals surface area contributed by atoms with Gasteiger partial charge in [0, 0.05) is 16.8 Å². The largest absolute Gasteiger partial charge is 0.325 e. The number of imide groups is 1. The van der Waals surface area contributed by atoms with Crippen LogP contribution in [0.25, 0.3) is 0 Å². The number of anilines is 1. The molecule has 0 heterocycles. The summed E-state index contributed by atoms with van der Waals surface area (Å²) in [6.45, 7) is 1.91. The van der Waals surface area contributed by atoms with Crippen molar-refractivity contribution in [2.45, 2.75) is 13.3 Å². The lowest BCUT2D eigenvalue weighted by Crippen LogP contribution is -2.34. The van der Waals surface area contributed by atoms with Gasteiger partial charge in [-0.2, -0.15) is 0 Å². The Morgan fingerprint density at radius 3 is 2.76 bits per heavy atom. The number of amides is 3. The highest BCUT2D eigenvalue weighted by Crippen LogP contribution is 2.25. The summed E-state index contributed by atoms with van der Waals surface area (Å²) in [5, 5.41) is 4.76. The number of carbonyl (C=O) groups is 2. The van der Waals surface area contributed by atoms with Gasteiger partial charge in [0.05, 0.1) is 5.69 Å². The fourth-order valence-electron chi connectivity index (χ4n) is 1.17. The zero-order valence-corrected chi connectivity index (χ0v) is 11.6. The molecule has 2 N–H and O–H groups in total. The first kappa shape index (κ1) is 14.0. The third kappa shape index (κ3) is 4.36. The molecule has 0 bridgehead atoms. The average Bonchev–Trinajstić information content (AvgIpc) is 2.25. The molecule has 1 rings (SSSR count). The number of aryl methyl sites for hydroxylation is 1. The second kappa shape index (κ2) is 6.61. The first-order valence-electron chi connectivity index (χ1n) is 4.96. The van der Waals surface area contributed by atoms with Crippen LogP contribution in [0.3, 0.4) is 0 Å². The minimum Gasteiger partial charge on any atom is -0.307 e. The predicted molar refractivity (Wildman–Crippen MR) is 71.4 cm³/mol. The number of halogens is 2. The summed E-state index contributed by atoms with van der Waals surface area (Å²) in [5.74, 6) is -0.214. The van der Waals surface area contributed by atoms with E-state index in [-0.39, 0.29) is 12.3 Å². The third-order valence-corrected chi connectivity index (χ3v) is 3.26. The monoisotopic (exact) mass is 318 g/mol. The molecule has 17 heavy (non-hydrogen) atoms. The van der Waals surface area contributed by atoms with Crippen molar-refractivity contribution in [3.05, 3.63) is 28.2 Å². The lowest BCUT2D eigenvalue weighted by molar-refractivity contribution is -0.119. The lowest BCUT2D eigenvalue weighted by Gasteiger charge is -2.09. The van der Waals surface area contributed by atoms with Gasteiger partial charge in [0.2, 0.25) is 5.91 Å².